The molecule has 2 aliphatic heterocycles. The monoisotopic (exact) mass is 327 g/mol. The molecule has 1 aromatic rings. The van der Waals surface area contributed by atoms with Gasteiger partial charge in [0.15, 0.2) is 0 Å². The summed E-state index contributed by atoms with van der Waals surface area (Å²) in [6, 6.07) is 8.10. The first-order valence-corrected chi connectivity index (χ1v) is 8.77. The molecule has 128 valence electrons. The average Bonchev–Trinajstić information content (AvgIpc) is 2.56. The lowest BCUT2D eigenvalue weighted by molar-refractivity contribution is -0.130. The molecule has 1 aromatic carbocycles. The molecule has 0 radical (unpaired) electrons. The SMILES string of the molecule is Cc1ccc(N2N=C(C(=O)N3[C@@H](C)CCC[C@@H]3C)CCC2=O)cc1. The van der Waals surface area contributed by atoms with Crippen molar-refractivity contribution in [1.29, 1.82) is 0 Å². The summed E-state index contributed by atoms with van der Waals surface area (Å²) in [5, 5.41) is 5.80. The summed E-state index contributed by atoms with van der Waals surface area (Å²) in [5.74, 6) is -0.0746. The number of amides is 2. The zero-order valence-corrected chi connectivity index (χ0v) is 14.7. The van der Waals surface area contributed by atoms with E-state index in [9.17, 15) is 9.59 Å². The van der Waals surface area contributed by atoms with Crippen LogP contribution in [-0.4, -0.2) is 34.5 Å². The standard InChI is InChI=1S/C19H25N3O2/c1-13-7-9-16(10-8-13)22-18(23)12-11-17(20-22)19(24)21-14(2)5-4-6-15(21)3/h7-10,14-15H,4-6,11-12H2,1-3H3/t14-,15-/m0/s1. The van der Waals surface area contributed by atoms with Crippen molar-refractivity contribution in [2.45, 2.75) is 65.0 Å². The van der Waals surface area contributed by atoms with Crippen LogP contribution in [0.3, 0.4) is 0 Å². The molecule has 0 spiro atoms. The van der Waals surface area contributed by atoms with E-state index in [0.29, 0.717) is 18.6 Å². The van der Waals surface area contributed by atoms with Crippen molar-refractivity contribution in [3.63, 3.8) is 0 Å². The van der Waals surface area contributed by atoms with E-state index in [1.54, 1.807) is 0 Å². The van der Waals surface area contributed by atoms with Gasteiger partial charge in [0.2, 0.25) is 5.91 Å². The largest absolute Gasteiger partial charge is 0.332 e. The summed E-state index contributed by atoms with van der Waals surface area (Å²) in [4.78, 5) is 27.2. The third-order valence-electron chi connectivity index (χ3n) is 4.99. The maximum atomic E-state index is 13.0. The van der Waals surface area contributed by atoms with Gasteiger partial charge in [-0.3, -0.25) is 9.59 Å². The van der Waals surface area contributed by atoms with Crippen LogP contribution in [0.2, 0.25) is 0 Å². The Morgan fingerprint density at radius 3 is 2.33 bits per heavy atom. The Bertz CT molecular complexity index is 656. The predicted molar refractivity (Wildman–Crippen MR) is 95.0 cm³/mol. The molecule has 0 aliphatic carbocycles. The molecular formula is C19H25N3O2. The summed E-state index contributed by atoms with van der Waals surface area (Å²) in [6.45, 7) is 6.19. The Morgan fingerprint density at radius 1 is 1.08 bits per heavy atom. The third kappa shape index (κ3) is 3.21. The van der Waals surface area contributed by atoms with E-state index >= 15 is 0 Å². The second-order valence-electron chi connectivity index (χ2n) is 6.93. The molecule has 1 saturated heterocycles. The Kier molecular flexibility index (Phi) is 4.69. The van der Waals surface area contributed by atoms with Crippen molar-refractivity contribution in [3.8, 4) is 0 Å². The second kappa shape index (κ2) is 6.75. The number of aryl methyl sites for hydroxylation is 1. The Balaban J connectivity index is 1.87. The van der Waals surface area contributed by atoms with Crippen LogP contribution in [0.4, 0.5) is 5.69 Å². The van der Waals surface area contributed by atoms with E-state index in [4.69, 9.17) is 0 Å². The smallest absolute Gasteiger partial charge is 0.270 e. The van der Waals surface area contributed by atoms with Gasteiger partial charge in [-0.15, -0.1) is 0 Å². The van der Waals surface area contributed by atoms with E-state index in [1.807, 2.05) is 36.1 Å². The predicted octanol–water partition coefficient (Wildman–Crippen LogP) is 3.27. The summed E-state index contributed by atoms with van der Waals surface area (Å²) in [7, 11) is 0. The summed E-state index contributed by atoms with van der Waals surface area (Å²) in [6.07, 6.45) is 3.98. The quantitative estimate of drug-likeness (QED) is 0.837. The minimum atomic E-state index is -0.0601. The number of anilines is 1. The number of hydrazone groups is 1. The van der Waals surface area contributed by atoms with Crippen molar-refractivity contribution >= 4 is 23.2 Å². The van der Waals surface area contributed by atoms with Gasteiger partial charge in [-0.25, -0.2) is 5.01 Å². The van der Waals surface area contributed by atoms with Crippen LogP contribution < -0.4 is 5.01 Å². The summed E-state index contributed by atoms with van der Waals surface area (Å²) >= 11 is 0. The highest BCUT2D eigenvalue weighted by molar-refractivity contribution is 6.40. The Morgan fingerprint density at radius 2 is 1.71 bits per heavy atom. The van der Waals surface area contributed by atoms with Crippen molar-refractivity contribution in [2.24, 2.45) is 5.10 Å². The number of hydrogen-bond donors (Lipinski definition) is 0. The Hall–Kier alpha value is -2.17. The van der Waals surface area contributed by atoms with Crippen LogP contribution in [-0.2, 0) is 9.59 Å². The molecule has 0 bridgehead atoms. The summed E-state index contributed by atoms with van der Waals surface area (Å²) in [5.41, 5.74) is 2.34. The van der Waals surface area contributed by atoms with Crippen LogP contribution in [0.15, 0.2) is 29.4 Å². The number of rotatable bonds is 2. The lowest BCUT2D eigenvalue weighted by atomic mass is 9.96. The van der Waals surface area contributed by atoms with Crippen LogP contribution in [0.1, 0.15) is 51.5 Å². The molecule has 3 rings (SSSR count). The number of benzene rings is 1. The number of carbonyl (C=O) groups excluding carboxylic acids is 2. The summed E-state index contributed by atoms with van der Waals surface area (Å²) < 4.78 is 0. The van der Waals surface area contributed by atoms with Crippen LogP contribution in [0, 0.1) is 6.92 Å². The lowest BCUT2D eigenvalue weighted by Crippen LogP contribution is -2.51. The maximum absolute atomic E-state index is 13.0. The fourth-order valence-corrected chi connectivity index (χ4v) is 3.57. The fourth-order valence-electron chi connectivity index (χ4n) is 3.57. The molecule has 2 atom stereocenters. The first kappa shape index (κ1) is 16.7. The zero-order valence-electron chi connectivity index (χ0n) is 14.7. The van der Waals surface area contributed by atoms with Crippen LogP contribution in [0.5, 0.6) is 0 Å². The molecule has 5 nitrogen and oxygen atoms in total. The second-order valence-corrected chi connectivity index (χ2v) is 6.93. The van der Waals surface area contributed by atoms with E-state index < -0.39 is 0 Å². The van der Waals surface area contributed by atoms with Gasteiger partial charge in [0.25, 0.3) is 5.91 Å². The number of nitrogens with zero attached hydrogens (tertiary/aromatic N) is 3. The molecule has 2 amide bonds. The van der Waals surface area contributed by atoms with Gasteiger partial charge in [-0.1, -0.05) is 17.7 Å². The third-order valence-corrected chi connectivity index (χ3v) is 4.99. The van der Waals surface area contributed by atoms with Gasteiger partial charge < -0.3 is 4.90 Å². The van der Waals surface area contributed by atoms with E-state index in [0.717, 1.165) is 30.5 Å². The van der Waals surface area contributed by atoms with Crippen LogP contribution in [0.25, 0.3) is 0 Å². The number of piperidine rings is 1. The molecule has 2 heterocycles. The molecule has 0 aromatic heterocycles. The Labute approximate surface area is 143 Å². The average molecular weight is 327 g/mol. The van der Waals surface area contributed by atoms with Crippen molar-refractivity contribution in [1.82, 2.24) is 4.90 Å². The zero-order chi connectivity index (χ0) is 17.3. The number of likely N-dealkylation sites (tertiary alicyclic amines) is 1. The number of hydrogen-bond acceptors (Lipinski definition) is 3. The van der Waals surface area contributed by atoms with Gasteiger partial charge in [-0.2, -0.15) is 5.10 Å². The highest BCUT2D eigenvalue weighted by Gasteiger charge is 2.34. The maximum Gasteiger partial charge on any atom is 0.270 e. The topological polar surface area (TPSA) is 53.0 Å². The van der Waals surface area contributed by atoms with Gasteiger partial charge in [0.1, 0.15) is 5.71 Å². The lowest BCUT2D eigenvalue weighted by Gasteiger charge is -2.39. The number of carbonyl (C=O) groups is 2. The minimum absolute atomic E-state index is 0.0145. The fraction of sp³-hybridized carbons (Fsp3) is 0.526. The molecule has 5 heteroatoms. The molecule has 0 N–H and O–H groups in total. The first-order valence-electron chi connectivity index (χ1n) is 8.77. The molecular weight excluding hydrogens is 302 g/mol. The molecule has 0 saturated carbocycles. The van der Waals surface area contributed by atoms with Gasteiger partial charge in [0, 0.05) is 24.9 Å². The van der Waals surface area contributed by atoms with Crippen molar-refractivity contribution < 1.29 is 9.59 Å². The molecule has 24 heavy (non-hydrogen) atoms. The van der Waals surface area contributed by atoms with Gasteiger partial charge >= 0.3 is 0 Å². The molecule has 1 fully saturated rings. The van der Waals surface area contributed by atoms with Gasteiger partial charge in [-0.05, 0) is 52.2 Å². The normalized spacial score (nSPS) is 24.8. The van der Waals surface area contributed by atoms with Crippen molar-refractivity contribution in [3.05, 3.63) is 29.8 Å². The van der Waals surface area contributed by atoms with E-state index in [1.165, 1.54) is 5.01 Å². The van der Waals surface area contributed by atoms with Crippen LogP contribution >= 0.6 is 0 Å². The highest BCUT2D eigenvalue weighted by atomic mass is 16.2. The van der Waals surface area contributed by atoms with Crippen molar-refractivity contribution in [2.75, 3.05) is 5.01 Å². The van der Waals surface area contributed by atoms with E-state index in [2.05, 4.69) is 18.9 Å². The molecule has 0 unspecified atom stereocenters. The van der Waals surface area contributed by atoms with E-state index in [-0.39, 0.29) is 23.9 Å². The van der Waals surface area contributed by atoms with Gasteiger partial charge in [0.05, 0.1) is 5.69 Å². The minimum Gasteiger partial charge on any atom is -0.332 e. The highest BCUT2D eigenvalue weighted by Crippen LogP contribution is 2.26. The molecule has 2 aliphatic rings. The first-order chi connectivity index (χ1) is 11.5.